The number of hydrogen-bond acceptors (Lipinski definition) is 5. The van der Waals surface area contributed by atoms with E-state index in [4.69, 9.17) is 16.3 Å². The zero-order valence-electron chi connectivity index (χ0n) is 12.4. The number of methoxy groups -OCH3 is 1. The number of rotatable bonds is 6. The molecule has 3 rings (SSSR count). The molecule has 1 aliphatic rings. The molecule has 0 atom stereocenters. The molecule has 2 aromatic rings. The summed E-state index contributed by atoms with van der Waals surface area (Å²) >= 11 is 7.45. The maximum Gasteiger partial charge on any atom is 0.191 e. The van der Waals surface area contributed by atoms with Crippen LogP contribution in [0.15, 0.2) is 23.4 Å². The van der Waals surface area contributed by atoms with Gasteiger partial charge in [-0.15, -0.1) is 10.2 Å². The standard InChI is InChI=1S/C15H16ClN3O2S/c1-19-14(9-3-4-9)17-18-15(19)22-8-12(20)10-5-6-13(21-2)11(16)7-10/h5-7,9H,3-4,8H2,1-2H3. The number of aromatic nitrogens is 3. The lowest BCUT2D eigenvalue weighted by molar-refractivity contribution is 0.102. The van der Waals surface area contributed by atoms with Crippen LogP contribution in [-0.4, -0.2) is 33.4 Å². The third-order valence-corrected chi connectivity index (χ3v) is 4.93. The molecule has 1 aromatic heterocycles. The van der Waals surface area contributed by atoms with Crippen LogP contribution in [0.25, 0.3) is 0 Å². The second-order valence-corrected chi connectivity index (χ2v) is 6.58. The van der Waals surface area contributed by atoms with Crippen LogP contribution >= 0.6 is 23.4 Å². The highest BCUT2D eigenvalue weighted by Crippen LogP contribution is 2.39. The molecule has 0 radical (unpaired) electrons. The number of halogens is 1. The molecule has 0 amide bonds. The highest BCUT2D eigenvalue weighted by Gasteiger charge is 2.29. The molecule has 0 spiro atoms. The average Bonchev–Trinajstić information content (AvgIpc) is 3.29. The maximum absolute atomic E-state index is 12.3. The van der Waals surface area contributed by atoms with E-state index in [-0.39, 0.29) is 5.78 Å². The summed E-state index contributed by atoms with van der Waals surface area (Å²) in [6.45, 7) is 0. The van der Waals surface area contributed by atoms with Crippen molar-refractivity contribution in [2.75, 3.05) is 12.9 Å². The van der Waals surface area contributed by atoms with E-state index in [2.05, 4.69) is 10.2 Å². The largest absolute Gasteiger partial charge is 0.495 e. The molecule has 1 fully saturated rings. The number of hydrogen-bond donors (Lipinski definition) is 0. The molecule has 0 unspecified atom stereocenters. The zero-order chi connectivity index (χ0) is 15.7. The van der Waals surface area contributed by atoms with Gasteiger partial charge in [0.2, 0.25) is 0 Å². The molecule has 0 bridgehead atoms. The Labute approximate surface area is 138 Å². The van der Waals surface area contributed by atoms with Crippen molar-refractivity contribution in [1.82, 2.24) is 14.8 Å². The first kappa shape index (κ1) is 15.4. The first-order valence-electron chi connectivity index (χ1n) is 6.99. The first-order valence-corrected chi connectivity index (χ1v) is 8.35. The predicted octanol–water partition coefficient (Wildman–Crippen LogP) is 3.33. The summed E-state index contributed by atoms with van der Waals surface area (Å²) in [4.78, 5) is 12.3. The zero-order valence-corrected chi connectivity index (χ0v) is 13.9. The van der Waals surface area contributed by atoms with Gasteiger partial charge < -0.3 is 9.30 Å². The van der Waals surface area contributed by atoms with Crippen LogP contribution in [0.3, 0.4) is 0 Å². The summed E-state index contributed by atoms with van der Waals surface area (Å²) in [5.41, 5.74) is 0.572. The van der Waals surface area contributed by atoms with Gasteiger partial charge in [-0.2, -0.15) is 0 Å². The SMILES string of the molecule is COc1ccc(C(=O)CSc2nnc(C3CC3)n2C)cc1Cl. The summed E-state index contributed by atoms with van der Waals surface area (Å²) in [6, 6.07) is 5.06. The molecule has 1 heterocycles. The van der Waals surface area contributed by atoms with E-state index in [0.717, 1.165) is 11.0 Å². The van der Waals surface area contributed by atoms with E-state index in [0.29, 0.717) is 28.0 Å². The molecule has 0 N–H and O–H groups in total. The fourth-order valence-electron chi connectivity index (χ4n) is 2.20. The topological polar surface area (TPSA) is 57.0 Å². The summed E-state index contributed by atoms with van der Waals surface area (Å²) in [6.07, 6.45) is 2.36. The van der Waals surface area contributed by atoms with Crippen LogP contribution in [0.2, 0.25) is 5.02 Å². The Morgan fingerprint density at radius 2 is 2.23 bits per heavy atom. The minimum Gasteiger partial charge on any atom is -0.495 e. The number of carbonyl (C=O) groups is 1. The lowest BCUT2D eigenvalue weighted by Crippen LogP contribution is -2.04. The molecule has 1 aromatic carbocycles. The quantitative estimate of drug-likeness (QED) is 0.597. The summed E-state index contributed by atoms with van der Waals surface area (Å²) < 4.78 is 7.07. The lowest BCUT2D eigenvalue weighted by Gasteiger charge is -2.06. The third kappa shape index (κ3) is 3.13. The second kappa shape index (κ2) is 6.30. The summed E-state index contributed by atoms with van der Waals surface area (Å²) in [5, 5.41) is 9.58. The van der Waals surface area contributed by atoms with Gasteiger partial charge in [-0.3, -0.25) is 4.79 Å². The van der Waals surface area contributed by atoms with E-state index in [1.54, 1.807) is 25.3 Å². The van der Waals surface area contributed by atoms with Crippen molar-refractivity contribution in [3.63, 3.8) is 0 Å². The Kier molecular flexibility index (Phi) is 4.40. The lowest BCUT2D eigenvalue weighted by atomic mass is 10.1. The van der Waals surface area contributed by atoms with Crippen LogP contribution in [-0.2, 0) is 7.05 Å². The summed E-state index contributed by atoms with van der Waals surface area (Å²) in [5.74, 6) is 2.43. The number of benzene rings is 1. The van der Waals surface area contributed by atoms with Crippen molar-refractivity contribution in [3.8, 4) is 5.75 Å². The van der Waals surface area contributed by atoms with Crippen LogP contribution in [0.5, 0.6) is 5.75 Å². The van der Waals surface area contributed by atoms with Gasteiger partial charge in [-0.1, -0.05) is 23.4 Å². The predicted molar refractivity (Wildman–Crippen MR) is 86.0 cm³/mol. The van der Waals surface area contributed by atoms with Crippen LogP contribution in [0.4, 0.5) is 0 Å². The van der Waals surface area contributed by atoms with Gasteiger partial charge in [-0.05, 0) is 31.0 Å². The minimum absolute atomic E-state index is 0.00512. The summed E-state index contributed by atoms with van der Waals surface area (Å²) in [7, 11) is 3.49. The van der Waals surface area contributed by atoms with Crippen molar-refractivity contribution in [1.29, 1.82) is 0 Å². The second-order valence-electron chi connectivity index (χ2n) is 5.24. The van der Waals surface area contributed by atoms with Crippen LogP contribution in [0, 0.1) is 0 Å². The molecular weight excluding hydrogens is 322 g/mol. The van der Waals surface area contributed by atoms with Crippen LogP contribution in [0.1, 0.15) is 34.9 Å². The van der Waals surface area contributed by atoms with Crippen LogP contribution < -0.4 is 4.74 Å². The Hall–Kier alpha value is -1.53. The van der Waals surface area contributed by atoms with Gasteiger partial charge in [-0.25, -0.2) is 0 Å². The average molecular weight is 338 g/mol. The van der Waals surface area contributed by atoms with Crippen molar-refractivity contribution >= 4 is 29.1 Å². The first-order chi connectivity index (χ1) is 10.6. The highest BCUT2D eigenvalue weighted by atomic mass is 35.5. The number of nitrogens with zero attached hydrogens (tertiary/aromatic N) is 3. The van der Waals surface area contributed by atoms with E-state index in [1.165, 1.54) is 24.6 Å². The number of thioether (sulfide) groups is 1. The van der Waals surface area contributed by atoms with E-state index < -0.39 is 0 Å². The van der Waals surface area contributed by atoms with E-state index in [1.807, 2.05) is 11.6 Å². The van der Waals surface area contributed by atoms with E-state index in [9.17, 15) is 4.79 Å². The molecule has 1 saturated carbocycles. The Morgan fingerprint density at radius 3 is 2.86 bits per heavy atom. The van der Waals surface area contributed by atoms with Crippen molar-refractivity contribution in [2.24, 2.45) is 7.05 Å². The molecule has 0 aliphatic heterocycles. The fourth-order valence-corrected chi connectivity index (χ4v) is 3.27. The van der Waals surface area contributed by atoms with Gasteiger partial charge in [0.1, 0.15) is 11.6 Å². The van der Waals surface area contributed by atoms with Crippen molar-refractivity contribution in [3.05, 3.63) is 34.6 Å². The Morgan fingerprint density at radius 1 is 1.45 bits per heavy atom. The Bertz CT molecular complexity index is 713. The van der Waals surface area contributed by atoms with Crippen molar-refractivity contribution < 1.29 is 9.53 Å². The monoisotopic (exact) mass is 337 g/mol. The molecular formula is C15H16ClN3O2S. The number of Topliss-reactive ketones (excluding diaryl/α,β-unsaturated/α-hetero) is 1. The molecule has 116 valence electrons. The van der Waals surface area contributed by atoms with Gasteiger partial charge >= 0.3 is 0 Å². The number of carbonyl (C=O) groups excluding carboxylic acids is 1. The minimum atomic E-state index is 0.00512. The fraction of sp³-hybridized carbons (Fsp3) is 0.400. The normalized spacial score (nSPS) is 14.1. The van der Waals surface area contributed by atoms with Gasteiger partial charge in [0.05, 0.1) is 17.9 Å². The number of ether oxygens (including phenoxy) is 1. The van der Waals surface area contributed by atoms with E-state index >= 15 is 0 Å². The molecule has 1 aliphatic carbocycles. The molecule has 0 saturated heterocycles. The van der Waals surface area contributed by atoms with Crippen molar-refractivity contribution in [2.45, 2.75) is 23.9 Å². The molecule has 22 heavy (non-hydrogen) atoms. The van der Waals surface area contributed by atoms with Gasteiger partial charge in [0.15, 0.2) is 10.9 Å². The Balaban J connectivity index is 1.66. The van der Waals surface area contributed by atoms with Gasteiger partial charge in [0.25, 0.3) is 0 Å². The molecule has 7 heteroatoms. The molecule has 5 nitrogen and oxygen atoms in total. The third-order valence-electron chi connectivity index (χ3n) is 3.62. The highest BCUT2D eigenvalue weighted by molar-refractivity contribution is 7.99. The number of ketones is 1. The smallest absolute Gasteiger partial charge is 0.191 e. The maximum atomic E-state index is 12.3. The van der Waals surface area contributed by atoms with Gasteiger partial charge in [0, 0.05) is 18.5 Å².